The summed E-state index contributed by atoms with van der Waals surface area (Å²) in [4.78, 5) is 11.8. The summed E-state index contributed by atoms with van der Waals surface area (Å²) in [7, 11) is 0. The molecule has 0 bridgehead atoms. The van der Waals surface area contributed by atoms with Crippen molar-refractivity contribution in [3.05, 3.63) is 71.8 Å². The zero-order valence-corrected chi connectivity index (χ0v) is 11.7. The molecule has 0 unspecified atom stereocenters. The van der Waals surface area contributed by atoms with Crippen molar-refractivity contribution in [3.8, 4) is 0 Å². The van der Waals surface area contributed by atoms with Crippen molar-refractivity contribution < 1.29 is 4.79 Å². The van der Waals surface area contributed by atoms with Crippen LogP contribution < -0.4 is 0 Å². The van der Waals surface area contributed by atoms with Crippen molar-refractivity contribution in [1.82, 2.24) is 0 Å². The van der Waals surface area contributed by atoms with Crippen LogP contribution >= 0.6 is 11.8 Å². The predicted octanol–water partition coefficient (Wildman–Crippen LogP) is 4.47. The van der Waals surface area contributed by atoms with E-state index in [4.69, 9.17) is 0 Å². The molecule has 19 heavy (non-hydrogen) atoms. The van der Waals surface area contributed by atoms with Crippen molar-refractivity contribution in [3.63, 3.8) is 0 Å². The van der Waals surface area contributed by atoms with E-state index in [1.165, 1.54) is 22.9 Å². The van der Waals surface area contributed by atoms with Gasteiger partial charge in [0.15, 0.2) is 5.12 Å². The fourth-order valence-corrected chi connectivity index (χ4v) is 2.70. The number of rotatable bonds is 6. The third kappa shape index (κ3) is 5.31. The van der Waals surface area contributed by atoms with Gasteiger partial charge in [0.2, 0.25) is 0 Å². The predicted molar refractivity (Wildman–Crippen MR) is 82.1 cm³/mol. The summed E-state index contributed by atoms with van der Waals surface area (Å²) in [6, 6.07) is 20.5. The molecule has 0 saturated carbocycles. The highest BCUT2D eigenvalue weighted by atomic mass is 32.2. The van der Waals surface area contributed by atoms with E-state index in [2.05, 4.69) is 24.3 Å². The molecule has 0 aliphatic heterocycles. The molecular weight excluding hydrogens is 252 g/mol. The van der Waals surface area contributed by atoms with Crippen LogP contribution in [-0.2, 0) is 17.0 Å². The normalized spacial score (nSPS) is 10.3. The Bertz CT molecular complexity index is 493. The van der Waals surface area contributed by atoms with Gasteiger partial charge < -0.3 is 0 Å². The van der Waals surface area contributed by atoms with Gasteiger partial charge in [0.05, 0.1) is 0 Å². The minimum absolute atomic E-state index is 0.291. The standard InChI is InChI=1S/C17H18OS/c18-17(19-14-16-10-5-2-6-11-16)13-7-12-15-8-3-1-4-9-15/h1-6,8-11H,7,12-14H2. The molecule has 0 aliphatic rings. The Morgan fingerprint density at radius 3 is 2.05 bits per heavy atom. The van der Waals surface area contributed by atoms with E-state index < -0.39 is 0 Å². The molecule has 0 heterocycles. The van der Waals surface area contributed by atoms with Gasteiger partial charge in [-0.2, -0.15) is 0 Å². The van der Waals surface area contributed by atoms with Crippen LogP contribution in [0.15, 0.2) is 60.7 Å². The zero-order valence-electron chi connectivity index (χ0n) is 10.9. The van der Waals surface area contributed by atoms with Crippen molar-refractivity contribution in [2.45, 2.75) is 25.0 Å². The number of aryl methyl sites for hydroxylation is 1. The van der Waals surface area contributed by atoms with Crippen molar-refractivity contribution in [2.75, 3.05) is 0 Å². The summed E-state index contributed by atoms with van der Waals surface area (Å²) in [5.74, 6) is 0.783. The van der Waals surface area contributed by atoms with Crippen LogP contribution in [0.25, 0.3) is 0 Å². The SMILES string of the molecule is O=C(CCCc1ccccc1)SCc1ccccc1. The lowest BCUT2D eigenvalue weighted by Gasteiger charge is -2.02. The molecule has 0 radical (unpaired) electrons. The van der Waals surface area contributed by atoms with Crippen LogP contribution in [0.3, 0.4) is 0 Å². The van der Waals surface area contributed by atoms with Gasteiger partial charge in [-0.15, -0.1) is 0 Å². The van der Waals surface area contributed by atoms with Gasteiger partial charge in [0.1, 0.15) is 0 Å². The number of carbonyl (C=O) groups excluding carboxylic acids is 1. The summed E-state index contributed by atoms with van der Waals surface area (Å²) < 4.78 is 0. The van der Waals surface area contributed by atoms with Gasteiger partial charge in [-0.3, -0.25) is 4.79 Å². The molecule has 98 valence electrons. The van der Waals surface area contributed by atoms with Gasteiger partial charge in [-0.25, -0.2) is 0 Å². The first kappa shape index (κ1) is 13.9. The Kier molecular flexibility index (Phi) is 5.70. The Hall–Kier alpha value is -1.54. The molecular formula is C17H18OS. The van der Waals surface area contributed by atoms with Crippen LogP contribution in [-0.4, -0.2) is 5.12 Å². The summed E-state index contributed by atoms with van der Waals surface area (Å²) in [6.45, 7) is 0. The van der Waals surface area contributed by atoms with E-state index in [9.17, 15) is 4.79 Å². The number of hydrogen-bond acceptors (Lipinski definition) is 2. The molecule has 0 aliphatic carbocycles. The fraction of sp³-hybridized carbons (Fsp3) is 0.235. The van der Waals surface area contributed by atoms with Crippen molar-refractivity contribution >= 4 is 16.9 Å². The van der Waals surface area contributed by atoms with Crippen molar-refractivity contribution in [1.29, 1.82) is 0 Å². The molecule has 0 atom stereocenters. The number of thioether (sulfide) groups is 1. The topological polar surface area (TPSA) is 17.1 Å². The minimum atomic E-state index is 0.291. The molecule has 0 saturated heterocycles. The number of benzene rings is 2. The van der Waals surface area contributed by atoms with E-state index in [0.29, 0.717) is 11.5 Å². The lowest BCUT2D eigenvalue weighted by Crippen LogP contribution is -1.95. The van der Waals surface area contributed by atoms with E-state index in [1.54, 1.807) is 0 Å². The van der Waals surface area contributed by atoms with Crippen LogP contribution in [0.4, 0.5) is 0 Å². The Labute approximate surface area is 119 Å². The highest BCUT2D eigenvalue weighted by Gasteiger charge is 2.03. The number of hydrogen-bond donors (Lipinski definition) is 0. The first-order valence-corrected chi connectivity index (χ1v) is 7.56. The maximum atomic E-state index is 11.8. The Balaban J connectivity index is 1.65. The lowest BCUT2D eigenvalue weighted by molar-refractivity contribution is -0.111. The van der Waals surface area contributed by atoms with Crippen molar-refractivity contribution in [2.24, 2.45) is 0 Å². The lowest BCUT2D eigenvalue weighted by atomic mass is 10.1. The second-order valence-corrected chi connectivity index (χ2v) is 5.52. The summed E-state index contributed by atoms with van der Waals surface area (Å²) in [5.41, 5.74) is 2.52. The molecule has 0 spiro atoms. The van der Waals surface area contributed by atoms with Gasteiger partial charge in [-0.05, 0) is 24.0 Å². The average molecular weight is 270 g/mol. The Morgan fingerprint density at radius 2 is 1.42 bits per heavy atom. The average Bonchev–Trinajstić information content (AvgIpc) is 2.47. The second kappa shape index (κ2) is 7.80. The third-order valence-electron chi connectivity index (χ3n) is 2.93. The first-order valence-electron chi connectivity index (χ1n) is 6.58. The molecule has 2 aromatic rings. The zero-order chi connectivity index (χ0) is 13.3. The van der Waals surface area contributed by atoms with Gasteiger partial charge >= 0.3 is 0 Å². The molecule has 0 fully saturated rings. The largest absolute Gasteiger partial charge is 0.287 e. The molecule has 1 nitrogen and oxygen atoms in total. The van der Waals surface area contributed by atoms with Gasteiger partial charge in [-0.1, -0.05) is 72.4 Å². The van der Waals surface area contributed by atoms with E-state index in [-0.39, 0.29) is 0 Å². The van der Waals surface area contributed by atoms with Crippen LogP contribution in [0.2, 0.25) is 0 Å². The molecule has 0 N–H and O–H groups in total. The molecule has 2 rings (SSSR count). The Morgan fingerprint density at radius 1 is 0.842 bits per heavy atom. The van der Waals surface area contributed by atoms with Gasteiger partial charge in [0, 0.05) is 12.2 Å². The second-order valence-electron chi connectivity index (χ2n) is 4.49. The summed E-state index contributed by atoms with van der Waals surface area (Å²) in [6.07, 6.45) is 2.58. The molecule has 0 aromatic heterocycles. The van der Waals surface area contributed by atoms with E-state index >= 15 is 0 Å². The van der Waals surface area contributed by atoms with E-state index in [0.717, 1.165) is 18.6 Å². The maximum Gasteiger partial charge on any atom is 0.189 e. The quantitative estimate of drug-likeness (QED) is 0.770. The molecule has 0 amide bonds. The van der Waals surface area contributed by atoms with Crippen LogP contribution in [0.5, 0.6) is 0 Å². The minimum Gasteiger partial charge on any atom is -0.287 e. The highest BCUT2D eigenvalue weighted by molar-refractivity contribution is 8.12. The maximum absolute atomic E-state index is 11.8. The van der Waals surface area contributed by atoms with Crippen LogP contribution in [0.1, 0.15) is 24.0 Å². The highest BCUT2D eigenvalue weighted by Crippen LogP contribution is 2.16. The van der Waals surface area contributed by atoms with Crippen LogP contribution in [0, 0.1) is 0 Å². The van der Waals surface area contributed by atoms with E-state index in [1.807, 2.05) is 36.4 Å². The molecule has 2 heteroatoms. The van der Waals surface area contributed by atoms with Gasteiger partial charge in [0.25, 0.3) is 0 Å². The molecule has 2 aromatic carbocycles. The third-order valence-corrected chi connectivity index (χ3v) is 3.94. The summed E-state index contributed by atoms with van der Waals surface area (Å²) >= 11 is 1.43. The smallest absolute Gasteiger partial charge is 0.189 e. The fourth-order valence-electron chi connectivity index (χ4n) is 1.89. The summed E-state index contributed by atoms with van der Waals surface area (Å²) in [5, 5.41) is 0.291. The first-order chi connectivity index (χ1) is 9.34. The number of carbonyl (C=O) groups is 1. The monoisotopic (exact) mass is 270 g/mol.